The SMILES string of the molecule is CC(C)(C)C(NC1CCCc2sccc21)c1ccccc1. The number of benzene rings is 1. The van der Waals surface area contributed by atoms with Gasteiger partial charge in [0.2, 0.25) is 0 Å². The summed E-state index contributed by atoms with van der Waals surface area (Å²) >= 11 is 1.92. The highest BCUT2D eigenvalue weighted by atomic mass is 32.1. The molecular formula is C19H25NS. The van der Waals surface area contributed by atoms with Crippen LogP contribution >= 0.6 is 11.3 Å². The van der Waals surface area contributed by atoms with Crippen molar-refractivity contribution in [3.8, 4) is 0 Å². The summed E-state index contributed by atoms with van der Waals surface area (Å²) in [5, 5.41) is 6.21. The van der Waals surface area contributed by atoms with Crippen LogP contribution in [0.15, 0.2) is 41.8 Å². The molecule has 0 spiro atoms. The Bertz CT molecular complexity index is 579. The van der Waals surface area contributed by atoms with Crippen LogP contribution in [0.25, 0.3) is 0 Å². The van der Waals surface area contributed by atoms with Crippen LogP contribution in [0.3, 0.4) is 0 Å². The second kappa shape index (κ2) is 5.94. The van der Waals surface area contributed by atoms with Crippen LogP contribution in [0.4, 0.5) is 0 Å². The Hall–Kier alpha value is -1.12. The Kier molecular flexibility index (Phi) is 4.19. The van der Waals surface area contributed by atoms with Crippen molar-refractivity contribution in [2.75, 3.05) is 0 Å². The second-order valence-corrected chi connectivity index (χ2v) is 8.12. The van der Waals surface area contributed by atoms with Gasteiger partial charge in [-0.15, -0.1) is 11.3 Å². The number of fused-ring (bicyclic) bond motifs is 1. The maximum atomic E-state index is 3.96. The molecule has 3 rings (SSSR count). The van der Waals surface area contributed by atoms with E-state index in [0.717, 1.165) is 0 Å². The topological polar surface area (TPSA) is 12.0 Å². The number of thiophene rings is 1. The standard InChI is InChI=1S/C19H25NS/c1-19(2,3)18(14-8-5-4-6-9-14)20-16-10-7-11-17-15(16)12-13-21-17/h4-6,8-9,12-13,16,18,20H,7,10-11H2,1-3H3. The molecule has 0 saturated heterocycles. The van der Waals surface area contributed by atoms with Gasteiger partial charge in [0.25, 0.3) is 0 Å². The third-order valence-corrected chi connectivity index (χ3v) is 5.42. The van der Waals surface area contributed by atoms with Gasteiger partial charge in [-0.05, 0) is 47.3 Å². The van der Waals surface area contributed by atoms with Gasteiger partial charge in [0.15, 0.2) is 0 Å². The molecule has 0 amide bonds. The predicted molar refractivity (Wildman–Crippen MR) is 91.8 cm³/mol. The second-order valence-electron chi connectivity index (χ2n) is 7.12. The first-order valence-corrected chi connectivity index (χ1v) is 8.81. The summed E-state index contributed by atoms with van der Waals surface area (Å²) in [5.41, 5.74) is 3.14. The van der Waals surface area contributed by atoms with Gasteiger partial charge in [0.1, 0.15) is 0 Å². The van der Waals surface area contributed by atoms with Crippen LogP contribution < -0.4 is 5.32 Å². The maximum absolute atomic E-state index is 3.96. The fraction of sp³-hybridized carbons (Fsp3) is 0.474. The summed E-state index contributed by atoms with van der Waals surface area (Å²) in [6.07, 6.45) is 3.82. The smallest absolute Gasteiger partial charge is 0.0374 e. The first-order chi connectivity index (χ1) is 10.1. The summed E-state index contributed by atoms with van der Waals surface area (Å²) in [4.78, 5) is 1.58. The zero-order valence-corrected chi connectivity index (χ0v) is 14.0. The van der Waals surface area contributed by atoms with E-state index in [4.69, 9.17) is 0 Å². The molecule has 0 fully saturated rings. The van der Waals surface area contributed by atoms with Crippen LogP contribution in [0.5, 0.6) is 0 Å². The molecule has 2 unspecified atom stereocenters. The Morgan fingerprint density at radius 1 is 1.14 bits per heavy atom. The number of hydrogen-bond acceptors (Lipinski definition) is 2. The quantitative estimate of drug-likeness (QED) is 0.788. The maximum Gasteiger partial charge on any atom is 0.0374 e. The monoisotopic (exact) mass is 299 g/mol. The lowest BCUT2D eigenvalue weighted by Gasteiger charge is -2.37. The van der Waals surface area contributed by atoms with Crippen molar-refractivity contribution in [3.63, 3.8) is 0 Å². The lowest BCUT2D eigenvalue weighted by atomic mass is 9.81. The predicted octanol–water partition coefficient (Wildman–Crippen LogP) is 5.50. The number of rotatable bonds is 3. The third-order valence-electron chi connectivity index (χ3n) is 4.42. The largest absolute Gasteiger partial charge is 0.303 e. The van der Waals surface area contributed by atoms with Gasteiger partial charge in [-0.1, -0.05) is 51.1 Å². The highest BCUT2D eigenvalue weighted by Gasteiger charge is 2.30. The van der Waals surface area contributed by atoms with Gasteiger partial charge in [-0.25, -0.2) is 0 Å². The zero-order chi connectivity index (χ0) is 14.9. The Labute approximate surface area is 132 Å². The molecule has 0 saturated carbocycles. The van der Waals surface area contributed by atoms with E-state index in [1.165, 1.54) is 30.4 Å². The van der Waals surface area contributed by atoms with E-state index in [0.29, 0.717) is 12.1 Å². The fourth-order valence-corrected chi connectivity index (χ4v) is 4.34. The van der Waals surface area contributed by atoms with Gasteiger partial charge in [-0.2, -0.15) is 0 Å². The highest BCUT2D eigenvalue weighted by Crippen LogP contribution is 2.39. The Morgan fingerprint density at radius 2 is 1.90 bits per heavy atom. The Morgan fingerprint density at radius 3 is 2.62 bits per heavy atom. The third kappa shape index (κ3) is 3.22. The summed E-state index contributed by atoms with van der Waals surface area (Å²) in [7, 11) is 0. The summed E-state index contributed by atoms with van der Waals surface area (Å²) < 4.78 is 0. The molecule has 2 aromatic rings. The lowest BCUT2D eigenvalue weighted by Crippen LogP contribution is -2.36. The number of aryl methyl sites for hydroxylation is 1. The molecule has 1 aromatic carbocycles. The average molecular weight is 299 g/mol. The van der Waals surface area contributed by atoms with Gasteiger partial charge in [0, 0.05) is 17.0 Å². The zero-order valence-electron chi connectivity index (χ0n) is 13.2. The van der Waals surface area contributed by atoms with E-state index in [9.17, 15) is 0 Å². The molecule has 0 aliphatic heterocycles. The molecule has 1 aromatic heterocycles. The lowest BCUT2D eigenvalue weighted by molar-refractivity contribution is 0.241. The Balaban J connectivity index is 1.87. The fourth-order valence-electron chi connectivity index (χ4n) is 3.35. The van der Waals surface area contributed by atoms with Crippen LogP contribution in [-0.4, -0.2) is 0 Å². The summed E-state index contributed by atoms with van der Waals surface area (Å²) in [6, 6.07) is 14.1. The van der Waals surface area contributed by atoms with Crippen LogP contribution in [0.1, 0.15) is 61.7 Å². The van der Waals surface area contributed by atoms with E-state index >= 15 is 0 Å². The molecule has 1 nitrogen and oxygen atoms in total. The molecule has 112 valence electrons. The van der Waals surface area contributed by atoms with E-state index in [2.05, 4.69) is 67.9 Å². The van der Waals surface area contributed by atoms with Crippen molar-refractivity contribution >= 4 is 11.3 Å². The van der Waals surface area contributed by atoms with Crippen molar-refractivity contribution in [2.24, 2.45) is 5.41 Å². The minimum Gasteiger partial charge on any atom is -0.303 e. The van der Waals surface area contributed by atoms with E-state index in [1.807, 2.05) is 11.3 Å². The van der Waals surface area contributed by atoms with Gasteiger partial charge in [-0.3, -0.25) is 0 Å². The molecule has 2 atom stereocenters. The molecular weight excluding hydrogens is 274 g/mol. The number of nitrogens with one attached hydrogen (secondary N) is 1. The highest BCUT2D eigenvalue weighted by molar-refractivity contribution is 7.10. The minimum atomic E-state index is 0.203. The molecule has 21 heavy (non-hydrogen) atoms. The van der Waals surface area contributed by atoms with Crippen molar-refractivity contribution in [2.45, 2.75) is 52.1 Å². The first-order valence-electron chi connectivity index (χ1n) is 7.93. The van der Waals surface area contributed by atoms with Gasteiger partial charge in [0.05, 0.1) is 0 Å². The van der Waals surface area contributed by atoms with Gasteiger partial charge < -0.3 is 5.32 Å². The van der Waals surface area contributed by atoms with E-state index in [1.54, 1.807) is 4.88 Å². The van der Waals surface area contributed by atoms with Crippen molar-refractivity contribution in [1.29, 1.82) is 0 Å². The normalized spacial score (nSPS) is 20.0. The molecule has 0 bridgehead atoms. The van der Waals surface area contributed by atoms with Crippen LogP contribution in [-0.2, 0) is 6.42 Å². The van der Waals surface area contributed by atoms with Crippen LogP contribution in [0, 0.1) is 5.41 Å². The van der Waals surface area contributed by atoms with Crippen molar-refractivity contribution < 1.29 is 0 Å². The molecule has 1 aliphatic carbocycles. The molecule has 1 aliphatic rings. The summed E-state index contributed by atoms with van der Waals surface area (Å²) in [5.74, 6) is 0. The molecule has 0 radical (unpaired) electrons. The molecule has 1 N–H and O–H groups in total. The first kappa shape index (κ1) is 14.8. The van der Waals surface area contributed by atoms with Crippen LogP contribution in [0.2, 0.25) is 0 Å². The van der Waals surface area contributed by atoms with Crippen molar-refractivity contribution in [3.05, 3.63) is 57.8 Å². The number of hydrogen-bond donors (Lipinski definition) is 1. The van der Waals surface area contributed by atoms with E-state index < -0.39 is 0 Å². The minimum absolute atomic E-state index is 0.203. The summed E-state index contributed by atoms with van der Waals surface area (Å²) in [6.45, 7) is 6.99. The molecule has 2 heteroatoms. The molecule has 1 heterocycles. The van der Waals surface area contributed by atoms with Gasteiger partial charge >= 0.3 is 0 Å². The average Bonchev–Trinajstić information content (AvgIpc) is 2.93. The van der Waals surface area contributed by atoms with Crippen molar-refractivity contribution in [1.82, 2.24) is 5.32 Å². The van der Waals surface area contributed by atoms with E-state index in [-0.39, 0.29) is 5.41 Å².